The average Bonchev–Trinajstić information content (AvgIpc) is 2.51. The van der Waals surface area contributed by atoms with Crippen molar-refractivity contribution < 1.29 is 0 Å². The van der Waals surface area contributed by atoms with Gasteiger partial charge in [-0.1, -0.05) is 26.0 Å². The van der Waals surface area contributed by atoms with E-state index in [0.717, 1.165) is 19.0 Å². The third-order valence-corrected chi connectivity index (χ3v) is 4.54. The molecule has 1 atom stereocenters. The van der Waals surface area contributed by atoms with Gasteiger partial charge in [-0.15, -0.1) is 0 Å². The number of fused-ring (bicyclic) bond motifs is 1. The van der Waals surface area contributed by atoms with Gasteiger partial charge in [-0.05, 0) is 42.9 Å². The van der Waals surface area contributed by atoms with E-state index in [1.165, 1.54) is 29.7 Å². The summed E-state index contributed by atoms with van der Waals surface area (Å²) in [6.45, 7) is 8.58. The smallest absolute Gasteiger partial charge is 0.191 e. The van der Waals surface area contributed by atoms with Gasteiger partial charge in [0.15, 0.2) is 5.96 Å². The molecule has 0 bridgehead atoms. The Labute approximate surface area is 135 Å². The summed E-state index contributed by atoms with van der Waals surface area (Å²) in [4.78, 5) is 6.66. The summed E-state index contributed by atoms with van der Waals surface area (Å²) in [5.41, 5.74) is 4.16. The van der Waals surface area contributed by atoms with Crippen LogP contribution < -0.4 is 15.5 Å². The Morgan fingerprint density at radius 3 is 2.77 bits per heavy atom. The molecular formula is C18H30N4. The molecule has 0 spiro atoms. The van der Waals surface area contributed by atoms with Crippen LogP contribution in [0.4, 0.5) is 5.69 Å². The van der Waals surface area contributed by atoms with Crippen LogP contribution in [0.25, 0.3) is 0 Å². The lowest BCUT2D eigenvalue weighted by Crippen LogP contribution is -2.43. The van der Waals surface area contributed by atoms with Gasteiger partial charge in [-0.2, -0.15) is 0 Å². The lowest BCUT2D eigenvalue weighted by atomic mass is 9.99. The lowest BCUT2D eigenvalue weighted by molar-refractivity contribution is 0.481. The van der Waals surface area contributed by atoms with Crippen molar-refractivity contribution in [2.24, 2.45) is 10.9 Å². The lowest BCUT2D eigenvalue weighted by Gasteiger charge is -2.28. The number of guanidine groups is 1. The molecule has 1 aliphatic rings. The number of benzene rings is 1. The first-order valence-corrected chi connectivity index (χ1v) is 8.31. The summed E-state index contributed by atoms with van der Waals surface area (Å²) in [5, 5.41) is 6.85. The van der Waals surface area contributed by atoms with Crippen molar-refractivity contribution in [1.29, 1.82) is 0 Å². The highest BCUT2D eigenvalue weighted by atomic mass is 15.2. The zero-order valence-electron chi connectivity index (χ0n) is 14.6. The van der Waals surface area contributed by atoms with Crippen LogP contribution in [0.2, 0.25) is 0 Å². The Kier molecular flexibility index (Phi) is 5.69. The van der Waals surface area contributed by atoms with E-state index >= 15 is 0 Å². The largest absolute Gasteiger partial charge is 0.374 e. The summed E-state index contributed by atoms with van der Waals surface area (Å²) >= 11 is 0. The van der Waals surface area contributed by atoms with E-state index in [0.29, 0.717) is 12.0 Å². The Morgan fingerprint density at radius 2 is 2.09 bits per heavy atom. The van der Waals surface area contributed by atoms with Gasteiger partial charge in [0.25, 0.3) is 0 Å². The number of hydrogen-bond donors (Lipinski definition) is 2. The zero-order valence-corrected chi connectivity index (χ0v) is 14.6. The number of hydrogen-bond acceptors (Lipinski definition) is 2. The number of anilines is 1. The van der Waals surface area contributed by atoms with Gasteiger partial charge in [0.05, 0.1) is 0 Å². The van der Waals surface area contributed by atoms with E-state index in [1.807, 2.05) is 7.05 Å². The Bertz CT molecular complexity index is 522. The fourth-order valence-corrected chi connectivity index (χ4v) is 2.71. The molecule has 0 saturated carbocycles. The topological polar surface area (TPSA) is 39.7 Å². The number of rotatable bonds is 4. The molecule has 4 nitrogen and oxygen atoms in total. The first kappa shape index (κ1) is 16.7. The molecule has 0 fully saturated rings. The molecule has 4 heteroatoms. The predicted molar refractivity (Wildman–Crippen MR) is 95.7 cm³/mol. The molecule has 0 radical (unpaired) electrons. The maximum atomic E-state index is 4.31. The highest BCUT2D eigenvalue weighted by Gasteiger charge is 2.14. The number of nitrogens with zero attached hydrogens (tertiary/aromatic N) is 2. The number of aliphatic imine (C=N–C) groups is 1. The van der Waals surface area contributed by atoms with Crippen LogP contribution in [0.3, 0.4) is 0 Å². The van der Waals surface area contributed by atoms with Crippen LogP contribution in [0.15, 0.2) is 23.2 Å². The number of aryl methyl sites for hydroxylation is 1. The molecule has 0 aliphatic carbocycles. The maximum Gasteiger partial charge on any atom is 0.191 e. The molecule has 0 amide bonds. The van der Waals surface area contributed by atoms with Crippen LogP contribution in [0, 0.1) is 5.92 Å². The highest BCUT2D eigenvalue weighted by molar-refractivity contribution is 5.80. The SMILES string of the molecule is CN=C(NCc1ccc2c(c1)CCCN2C)NC(C)C(C)C. The third kappa shape index (κ3) is 4.15. The first-order chi connectivity index (χ1) is 10.5. The number of nitrogens with one attached hydrogen (secondary N) is 2. The van der Waals surface area contributed by atoms with Crippen molar-refractivity contribution >= 4 is 11.6 Å². The summed E-state index contributed by atoms with van der Waals surface area (Å²) in [6, 6.07) is 7.20. The minimum atomic E-state index is 0.406. The molecule has 1 heterocycles. The summed E-state index contributed by atoms with van der Waals surface area (Å²) in [6.07, 6.45) is 2.43. The van der Waals surface area contributed by atoms with Crippen LogP contribution >= 0.6 is 0 Å². The molecule has 1 aromatic rings. The van der Waals surface area contributed by atoms with E-state index < -0.39 is 0 Å². The Balaban J connectivity index is 1.96. The molecule has 1 aliphatic heterocycles. The van der Waals surface area contributed by atoms with Gasteiger partial charge in [0, 0.05) is 38.9 Å². The molecule has 0 aromatic heterocycles. The van der Waals surface area contributed by atoms with Gasteiger partial charge in [0.2, 0.25) is 0 Å². The normalized spacial score (nSPS) is 16.5. The van der Waals surface area contributed by atoms with E-state index in [2.05, 4.69) is 66.5 Å². The second-order valence-corrected chi connectivity index (χ2v) is 6.59. The minimum Gasteiger partial charge on any atom is -0.374 e. The van der Waals surface area contributed by atoms with Crippen LogP contribution in [0.5, 0.6) is 0 Å². The predicted octanol–water partition coefficient (Wildman–Crippen LogP) is 2.78. The van der Waals surface area contributed by atoms with Gasteiger partial charge < -0.3 is 15.5 Å². The molecule has 122 valence electrons. The van der Waals surface area contributed by atoms with E-state index in [1.54, 1.807) is 0 Å². The van der Waals surface area contributed by atoms with E-state index in [9.17, 15) is 0 Å². The van der Waals surface area contributed by atoms with Crippen molar-refractivity contribution in [3.05, 3.63) is 29.3 Å². The molecule has 0 saturated heterocycles. The van der Waals surface area contributed by atoms with Crippen molar-refractivity contribution in [3.8, 4) is 0 Å². The molecule has 2 rings (SSSR count). The molecule has 1 unspecified atom stereocenters. The Morgan fingerprint density at radius 1 is 1.32 bits per heavy atom. The zero-order chi connectivity index (χ0) is 16.1. The summed E-state index contributed by atoms with van der Waals surface area (Å²) in [5.74, 6) is 1.45. The second-order valence-electron chi connectivity index (χ2n) is 6.59. The molecule has 2 N–H and O–H groups in total. The summed E-state index contributed by atoms with van der Waals surface area (Å²) in [7, 11) is 4.00. The fourth-order valence-electron chi connectivity index (χ4n) is 2.71. The first-order valence-electron chi connectivity index (χ1n) is 8.31. The van der Waals surface area contributed by atoms with Gasteiger partial charge in [-0.3, -0.25) is 4.99 Å². The minimum absolute atomic E-state index is 0.406. The monoisotopic (exact) mass is 302 g/mol. The standard InChI is InChI=1S/C18H30N4/c1-13(2)14(3)21-18(19-4)20-12-15-8-9-17-16(11-15)7-6-10-22(17)5/h8-9,11,13-14H,6-7,10,12H2,1-5H3,(H2,19,20,21). The van der Waals surface area contributed by atoms with Crippen LogP contribution in [0.1, 0.15) is 38.3 Å². The third-order valence-electron chi connectivity index (χ3n) is 4.54. The van der Waals surface area contributed by atoms with Crippen LogP contribution in [-0.4, -0.2) is 32.6 Å². The summed E-state index contributed by atoms with van der Waals surface area (Å²) < 4.78 is 0. The highest BCUT2D eigenvalue weighted by Crippen LogP contribution is 2.26. The second kappa shape index (κ2) is 7.52. The molecule has 22 heavy (non-hydrogen) atoms. The average molecular weight is 302 g/mol. The van der Waals surface area contributed by atoms with Crippen molar-refractivity contribution in [3.63, 3.8) is 0 Å². The van der Waals surface area contributed by atoms with E-state index in [4.69, 9.17) is 0 Å². The van der Waals surface area contributed by atoms with E-state index in [-0.39, 0.29) is 0 Å². The fraction of sp³-hybridized carbons (Fsp3) is 0.611. The van der Waals surface area contributed by atoms with Gasteiger partial charge >= 0.3 is 0 Å². The van der Waals surface area contributed by atoms with Crippen molar-refractivity contribution in [2.75, 3.05) is 25.5 Å². The molecular weight excluding hydrogens is 272 g/mol. The van der Waals surface area contributed by atoms with Crippen molar-refractivity contribution in [2.45, 2.75) is 46.2 Å². The Hall–Kier alpha value is -1.71. The molecule has 1 aromatic carbocycles. The van der Waals surface area contributed by atoms with Gasteiger partial charge in [0.1, 0.15) is 0 Å². The van der Waals surface area contributed by atoms with Crippen LogP contribution in [-0.2, 0) is 13.0 Å². The maximum absolute atomic E-state index is 4.31. The quantitative estimate of drug-likeness (QED) is 0.663. The van der Waals surface area contributed by atoms with Gasteiger partial charge in [-0.25, -0.2) is 0 Å². The van der Waals surface area contributed by atoms with Crippen molar-refractivity contribution in [1.82, 2.24) is 10.6 Å².